The van der Waals surface area contributed by atoms with Crippen molar-refractivity contribution in [1.82, 2.24) is 14.9 Å². The van der Waals surface area contributed by atoms with Gasteiger partial charge in [-0.3, -0.25) is 19.1 Å². The largest absolute Gasteiger partial charge is 0.487 e. The van der Waals surface area contributed by atoms with Gasteiger partial charge in [-0.15, -0.1) is 0 Å². The van der Waals surface area contributed by atoms with E-state index in [1.165, 1.54) is 4.57 Å². The Bertz CT molecular complexity index is 967. The summed E-state index contributed by atoms with van der Waals surface area (Å²) < 4.78 is 7.17. The molecule has 0 bridgehead atoms. The topological polar surface area (TPSA) is 73.2 Å². The van der Waals surface area contributed by atoms with Crippen molar-refractivity contribution in [1.29, 1.82) is 0 Å². The minimum absolute atomic E-state index is 0.0285. The lowest BCUT2D eigenvalue weighted by atomic mass is 10.1. The molecule has 0 unspecified atom stereocenters. The average Bonchev–Trinajstić information content (AvgIpc) is 2.64. The zero-order chi connectivity index (χ0) is 18.5. The Morgan fingerprint density at radius 1 is 1.27 bits per heavy atom. The lowest BCUT2D eigenvalue weighted by molar-refractivity contribution is -0.122. The highest BCUT2D eigenvalue weighted by atomic mass is 16.5. The van der Waals surface area contributed by atoms with Gasteiger partial charge in [-0.1, -0.05) is 18.2 Å². The fraction of sp³-hybridized carbons (Fsp3) is 0.250. The first-order chi connectivity index (χ1) is 12.5. The fourth-order valence-corrected chi connectivity index (χ4v) is 2.81. The predicted octanol–water partition coefficient (Wildman–Crippen LogP) is 2.29. The molecule has 134 valence electrons. The number of aryl methyl sites for hydroxylation is 1. The van der Waals surface area contributed by atoms with E-state index in [0.29, 0.717) is 12.3 Å². The van der Waals surface area contributed by atoms with Crippen LogP contribution in [0.2, 0.25) is 0 Å². The number of carbonyl (C=O) groups excluding carboxylic acids is 1. The van der Waals surface area contributed by atoms with Gasteiger partial charge in [0.15, 0.2) is 0 Å². The van der Waals surface area contributed by atoms with E-state index in [-0.39, 0.29) is 24.1 Å². The van der Waals surface area contributed by atoms with Crippen LogP contribution in [0.3, 0.4) is 0 Å². The molecule has 2 heterocycles. The van der Waals surface area contributed by atoms with Gasteiger partial charge in [0.1, 0.15) is 18.4 Å². The molecule has 0 spiro atoms. The van der Waals surface area contributed by atoms with Crippen LogP contribution in [0.15, 0.2) is 59.7 Å². The van der Waals surface area contributed by atoms with Gasteiger partial charge >= 0.3 is 0 Å². The van der Waals surface area contributed by atoms with Crippen LogP contribution in [0.5, 0.6) is 5.75 Å². The molecule has 1 aromatic carbocycles. The normalized spacial score (nSPS) is 11.9. The number of carbonyl (C=O) groups is 1. The summed E-state index contributed by atoms with van der Waals surface area (Å²) in [5, 5.41) is 3.78. The van der Waals surface area contributed by atoms with Crippen molar-refractivity contribution < 1.29 is 9.53 Å². The number of amides is 1. The molecule has 6 heteroatoms. The maximum atomic E-state index is 12.3. The minimum Gasteiger partial charge on any atom is -0.487 e. The quantitative estimate of drug-likeness (QED) is 0.739. The summed E-state index contributed by atoms with van der Waals surface area (Å²) in [7, 11) is 0. The lowest BCUT2D eigenvalue weighted by Crippen LogP contribution is -2.37. The summed E-state index contributed by atoms with van der Waals surface area (Å²) in [6.45, 7) is 4.07. The number of ether oxygens (including phenoxy) is 1. The highest BCUT2D eigenvalue weighted by Gasteiger charge is 2.11. The fourth-order valence-electron chi connectivity index (χ4n) is 2.81. The van der Waals surface area contributed by atoms with E-state index < -0.39 is 0 Å². The van der Waals surface area contributed by atoms with E-state index >= 15 is 0 Å². The molecule has 0 aliphatic heterocycles. The predicted molar refractivity (Wildman–Crippen MR) is 100 cm³/mol. The van der Waals surface area contributed by atoms with Gasteiger partial charge in [-0.2, -0.15) is 0 Å². The molecule has 0 saturated heterocycles. The molecule has 6 nitrogen and oxygen atoms in total. The number of para-hydroxylation sites is 1. The second-order valence-electron chi connectivity index (χ2n) is 6.19. The van der Waals surface area contributed by atoms with Crippen molar-refractivity contribution in [2.45, 2.75) is 26.5 Å². The monoisotopic (exact) mass is 351 g/mol. The molecular formula is C20H21N3O3. The third-order valence-electron chi connectivity index (χ3n) is 4.09. The van der Waals surface area contributed by atoms with Gasteiger partial charge in [0.25, 0.3) is 5.56 Å². The van der Waals surface area contributed by atoms with Gasteiger partial charge < -0.3 is 10.1 Å². The smallest absolute Gasteiger partial charge is 0.251 e. The lowest BCUT2D eigenvalue weighted by Gasteiger charge is -2.16. The minimum atomic E-state index is -0.234. The SMILES string of the molecule is Cc1cc(=O)n(CC(=O)NC[C@@H](C)Oc2cccnc2)c2ccccc12. The molecule has 0 aliphatic rings. The second kappa shape index (κ2) is 7.82. The summed E-state index contributed by atoms with van der Waals surface area (Å²) >= 11 is 0. The maximum Gasteiger partial charge on any atom is 0.251 e. The molecular weight excluding hydrogens is 330 g/mol. The zero-order valence-electron chi connectivity index (χ0n) is 14.8. The molecule has 1 N–H and O–H groups in total. The Hall–Kier alpha value is -3.15. The van der Waals surface area contributed by atoms with E-state index in [1.807, 2.05) is 44.2 Å². The highest BCUT2D eigenvalue weighted by molar-refractivity contribution is 5.84. The van der Waals surface area contributed by atoms with Gasteiger partial charge in [0, 0.05) is 17.6 Å². The van der Waals surface area contributed by atoms with E-state index in [2.05, 4.69) is 10.3 Å². The van der Waals surface area contributed by atoms with Gasteiger partial charge in [0.05, 0.1) is 18.3 Å². The molecule has 0 saturated carbocycles. The van der Waals surface area contributed by atoms with Crippen LogP contribution in [0.4, 0.5) is 0 Å². The third-order valence-corrected chi connectivity index (χ3v) is 4.09. The summed E-state index contributed by atoms with van der Waals surface area (Å²) in [6.07, 6.45) is 3.08. The number of nitrogens with zero attached hydrogens (tertiary/aromatic N) is 2. The van der Waals surface area contributed by atoms with E-state index in [0.717, 1.165) is 16.5 Å². The third kappa shape index (κ3) is 4.08. The van der Waals surface area contributed by atoms with Crippen LogP contribution in [-0.4, -0.2) is 28.1 Å². The zero-order valence-corrected chi connectivity index (χ0v) is 14.8. The van der Waals surface area contributed by atoms with Crippen LogP contribution >= 0.6 is 0 Å². The number of hydrogen-bond acceptors (Lipinski definition) is 4. The van der Waals surface area contributed by atoms with E-state index in [4.69, 9.17) is 4.74 Å². The van der Waals surface area contributed by atoms with Gasteiger partial charge in [-0.25, -0.2) is 0 Å². The van der Waals surface area contributed by atoms with Gasteiger partial charge in [0.2, 0.25) is 5.91 Å². The number of fused-ring (bicyclic) bond motifs is 1. The Labute approximate surface area is 151 Å². The standard InChI is InChI=1S/C20H21N3O3/c1-14-10-20(25)23(18-8-4-3-7-17(14)18)13-19(24)22-11-15(2)26-16-6-5-9-21-12-16/h3-10,12,15H,11,13H2,1-2H3,(H,22,24)/t15-/m1/s1. The van der Waals surface area contributed by atoms with Crippen LogP contribution in [-0.2, 0) is 11.3 Å². The van der Waals surface area contributed by atoms with Crippen molar-refractivity contribution in [3.05, 3.63) is 70.8 Å². The Morgan fingerprint density at radius 2 is 2.08 bits per heavy atom. The van der Waals surface area contributed by atoms with Crippen molar-refractivity contribution in [2.75, 3.05) is 6.54 Å². The first-order valence-electron chi connectivity index (χ1n) is 8.47. The first-order valence-corrected chi connectivity index (χ1v) is 8.47. The maximum absolute atomic E-state index is 12.3. The number of rotatable bonds is 6. The Balaban J connectivity index is 1.65. The molecule has 1 amide bonds. The number of nitrogens with one attached hydrogen (secondary N) is 1. The van der Waals surface area contributed by atoms with Crippen molar-refractivity contribution in [3.63, 3.8) is 0 Å². The van der Waals surface area contributed by atoms with Crippen molar-refractivity contribution >= 4 is 16.8 Å². The Kier molecular flexibility index (Phi) is 5.31. The molecule has 0 fully saturated rings. The summed E-state index contributed by atoms with van der Waals surface area (Å²) in [5.74, 6) is 0.415. The molecule has 3 aromatic rings. The number of benzene rings is 1. The van der Waals surface area contributed by atoms with Crippen molar-refractivity contribution in [3.8, 4) is 5.75 Å². The van der Waals surface area contributed by atoms with Crippen LogP contribution in [0.1, 0.15) is 12.5 Å². The number of aromatic nitrogens is 2. The number of pyridine rings is 2. The highest BCUT2D eigenvalue weighted by Crippen LogP contribution is 2.15. The van der Waals surface area contributed by atoms with E-state index in [9.17, 15) is 9.59 Å². The molecule has 26 heavy (non-hydrogen) atoms. The average molecular weight is 351 g/mol. The second-order valence-corrected chi connectivity index (χ2v) is 6.19. The first kappa shape index (κ1) is 17.7. The molecule has 1 atom stereocenters. The Morgan fingerprint density at radius 3 is 2.85 bits per heavy atom. The van der Waals surface area contributed by atoms with Crippen LogP contribution < -0.4 is 15.6 Å². The molecule has 0 radical (unpaired) electrons. The van der Waals surface area contributed by atoms with Crippen LogP contribution in [0.25, 0.3) is 10.9 Å². The number of hydrogen-bond donors (Lipinski definition) is 1. The molecule has 3 rings (SSSR count). The summed E-state index contributed by atoms with van der Waals surface area (Å²) in [5.41, 5.74) is 1.48. The van der Waals surface area contributed by atoms with Crippen LogP contribution in [0, 0.1) is 6.92 Å². The van der Waals surface area contributed by atoms with Crippen molar-refractivity contribution in [2.24, 2.45) is 0 Å². The summed E-state index contributed by atoms with van der Waals surface area (Å²) in [4.78, 5) is 28.6. The molecule has 0 aliphatic carbocycles. The van der Waals surface area contributed by atoms with E-state index in [1.54, 1.807) is 24.5 Å². The summed E-state index contributed by atoms with van der Waals surface area (Å²) in [6, 6.07) is 12.7. The molecule has 2 aromatic heterocycles. The van der Waals surface area contributed by atoms with Gasteiger partial charge in [-0.05, 0) is 37.6 Å².